The summed E-state index contributed by atoms with van der Waals surface area (Å²) in [6, 6.07) is 5.52. The van der Waals surface area contributed by atoms with Gasteiger partial charge < -0.3 is 26.2 Å². The van der Waals surface area contributed by atoms with E-state index in [2.05, 4.69) is 25.9 Å². The second kappa shape index (κ2) is 11.4. The Hall–Kier alpha value is -3.57. The Morgan fingerprint density at radius 1 is 1.08 bits per heavy atom. The number of aliphatic hydroxyl groups is 2. The van der Waals surface area contributed by atoms with Crippen molar-refractivity contribution in [1.82, 2.24) is 25.2 Å². The van der Waals surface area contributed by atoms with Crippen LogP contribution in [0.3, 0.4) is 0 Å². The molecule has 0 saturated carbocycles. The van der Waals surface area contributed by atoms with Gasteiger partial charge in [-0.15, -0.1) is 0 Å². The third-order valence-electron chi connectivity index (χ3n) is 5.70. The topological polar surface area (TPSA) is 141 Å². The van der Waals surface area contributed by atoms with E-state index in [1.54, 1.807) is 30.7 Å². The maximum atomic E-state index is 14.1. The van der Waals surface area contributed by atoms with Crippen molar-refractivity contribution >= 4 is 28.5 Å². The summed E-state index contributed by atoms with van der Waals surface area (Å²) in [5, 5.41) is 29.0. The van der Waals surface area contributed by atoms with Gasteiger partial charge in [0.25, 0.3) is 5.91 Å². The van der Waals surface area contributed by atoms with Gasteiger partial charge >= 0.3 is 0 Å². The molecule has 38 heavy (non-hydrogen) atoms. The Morgan fingerprint density at radius 3 is 2.42 bits per heavy atom. The summed E-state index contributed by atoms with van der Waals surface area (Å²) in [6.45, 7) is 9.66. The van der Waals surface area contributed by atoms with Gasteiger partial charge in [0.2, 0.25) is 5.91 Å². The molecule has 0 saturated heterocycles. The first-order chi connectivity index (χ1) is 17.6. The summed E-state index contributed by atoms with van der Waals surface area (Å²) >= 11 is 0. The van der Waals surface area contributed by atoms with Crippen LogP contribution in [0.5, 0.6) is 0 Å². The van der Waals surface area contributed by atoms with E-state index in [-0.39, 0.29) is 37.0 Å². The summed E-state index contributed by atoms with van der Waals surface area (Å²) in [6.07, 6.45) is 3.27. The zero-order chi connectivity index (χ0) is 28.3. The Balaban J connectivity index is 1.82. The van der Waals surface area contributed by atoms with E-state index in [4.69, 9.17) is 0 Å². The highest BCUT2D eigenvalue weighted by atomic mass is 19.1. The molecule has 0 aliphatic heterocycles. The molecule has 2 amide bonds. The van der Waals surface area contributed by atoms with Gasteiger partial charge in [-0.3, -0.25) is 14.2 Å². The molecule has 0 spiro atoms. The summed E-state index contributed by atoms with van der Waals surface area (Å²) in [7, 11) is 0. The van der Waals surface area contributed by atoms with Gasteiger partial charge in [-0.1, -0.05) is 0 Å². The minimum Gasteiger partial charge on any atom is -0.390 e. The van der Waals surface area contributed by atoms with Gasteiger partial charge in [0.1, 0.15) is 17.6 Å². The molecule has 0 aliphatic rings. The molecule has 0 aliphatic carbocycles. The van der Waals surface area contributed by atoms with E-state index >= 15 is 0 Å². The van der Waals surface area contributed by atoms with Gasteiger partial charge in [-0.2, -0.15) is 0 Å². The van der Waals surface area contributed by atoms with Crippen LogP contribution in [-0.4, -0.2) is 66.5 Å². The first-order valence-electron chi connectivity index (χ1n) is 12.5. The maximum absolute atomic E-state index is 14.1. The van der Waals surface area contributed by atoms with Crippen LogP contribution in [0.2, 0.25) is 0 Å². The van der Waals surface area contributed by atoms with Crippen LogP contribution in [0.25, 0.3) is 16.9 Å². The number of fused-ring (bicyclic) bond motifs is 1. The number of carbonyl (C=O) groups is 2. The number of hydrogen-bond acceptors (Lipinski definition) is 7. The molecule has 1 unspecified atom stereocenters. The predicted octanol–water partition coefficient (Wildman–Crippen LogP) is 2.86. The average molecular weight is 529 g/mol. The monoisotopic (exact) mass is 528 g/mol. The van der Waals surface area contributed by atoms with E-state index in [0.29, 0.717) is 17.2 Å². The second-order valence-electron chi connectivity index (χ2n) is 10.9. The van der Waals surface area contributed by atoms with Crippen molar-refractivity contribution in [2.75, 3.05) is 11.9 Å². The summed E-state index contributed by atoms with van der Waals surface area (Å²) in [5.41, 5.74) is -0.435. The molecule has 11 heteroatoms. The Bertz CT molecular complexity index is 1290. The molecule has 3 rings (SSSR count). The van der Waals surface area contributed by atoms with Crippen LogP contribution in [0.1, 0.15) is 63.9 Å². The smallest absolute Gasteiger partial charge is 0.255 e. The molecule has 3 aromatic rings. The third-order valence-corrected chi connectivity index (χ3v) is 5.70. The number of nitrogens with zero attached hydrogens (tertiary/aromatic N) is 3. The Kier molecular flexibility index (Phi) is 8.73. The number of anilines is 1. The molecule has 0 radical (unpaired) electrons. The standard InChI is InChI=1S/C27H37FN6O4/c1-16(2)33-20-10-22(29-14-19(20)25(36)32-15-21(28)27(5,6)38)34-8-7-18-9-17(13-31-24(18)34)12-30-23(35)11-26(3,4)37/h7-10,13-14,16,21,37-38H,11-12,15H2,1-6H3,(H,29,33)(H,30,35)(H,32,36). The van der Waals surface area contributed by atoms with Crippen molar-refractivity contribution in [1.29, 1.82) is 0 Å². The minimum atomic E-state index is -1.63. The fourth-order valence-corrected chi connectivity index (χ4v) is 3.72. The molecule has 1 atom stereocenters. The summed E-state index contributed by atoms with van der Waals surface area (Å²) in [4.78, 5) is 33.8. The van der Waals surface area contributed by atoms with E-state index in [1.807, 2.05) is 32.2 Å². The summed E-state index contributed by atoms with van der Waals surface area (Å²) < 4.78 is 15.9. The van der Waals surface area contributed by atoms with Gasteiger partial charge in [-0.25, -0.2) is 14.4 Å². The molecule has 0 bridgehead atoms. The van der Waals surface area contributed by atoms with E-state index in [0.717, 1.165) is 10.9 Å². The predicted molar refractivity (Wildman–Crippen MR) is 144 cm³/mol. The van der Waals surface area contributed by atoms with E-state index in [9.17, 15) is 24.2 Å². The van der Waals surface area contributed by atoms with Gasteiger partial charge in [0.15, 0.2) is 0 Å². The molecule has 3 heterocycles. The van der Waals surface area contributed by atoms with Crippen molar-refractivity contribution in [2.45, 2.75) is 77.9 Å². The van der Waals surface area contributed by atoms with Gasteiger partial charge in [0.05, 0.1) is 35.4 Å². The highest BCUT2D eigenvalue weighted by Crippen LogP contribution is 2.24. The molecule has 0 aromatic carbocycles. The maximum Gasteiger partial charge on any atom is 0.255 e. The normalized spacial score (nSPS) is 13.0. The highest BCUT2D eigenvalue weighted by Gasteiger charge is 2.27. The van der Waals surface area contributed by atoms with Crippen LogP contribution in [0, 0.1) is 0 Å². The van der Waals surface area contributed by atoms with Crippen molar-refractivity contribution in [2.24, 2.45) is 0 Å². The van der Waals surface area contributed by atoms with E-state index < -0.39 is 23.3 Å². The van der Waals surface area contributed by atoms with E-state index in [1.165, 1.54) is 20.0 Å². The quantitative estimate of drug-likeness (QED) is 0.258. The molecular weight excluding hydrogens is 491 g/mol. The first kappa shape index (κ1) is 29.0. The van der Waals surface area contributed by atoms with Crippen LogP contribution in [-0.2, 0) is 11.3 Å². The molecule has 0 fully saturated rings. The number of aromatic nitrogens is 3. The lowest BCUT2D eigenvalue weighted by atomic mass is 10.0. The average Bonchev–Trinajstić information content (AvgIpc) is 3.22. The van der Waals surface area contributed by atoms with Crippen molar-refractivity contribution in [3.63, 3.8) is 0 Å². The molecule has 10 nitrogen and oxygen atoms in total. The fraction of sp³-hybridized carbons (Fsp3) is 0.481. The Morgan fingerprint density at radius 2 is 1.79 bits per heavy atom. The number of pyridine rings is 2. The summed E-state index contributed by atoms with van der Waals surface area (Å²) in [5.74, 6) is -0.236. The highest BCUT2D eigenvalue weighted by molar-refractivity contribution is 5.99. The SMILES string of the molecule is CC(C)Nc1cc(-n2ccc3cc(CNC(=O)CC(C)(C)O)cnc32)ncc1C(=O)NCC(F)C(C)(C)O. The van der Waals surface area contributed by atoms with Crippen LogP contribution < -0.4 is 16.0 Å². The number of nitrogens with one attached hydrogen (secondary N) is 3. The van der Waals surface area contributed by atoms with Crippen LogP contribution >= 0.6 is 0 Å². The lowest BCUT2D eigenvalue weighted by molar-refractivity contribution is -0.125. The first-order valence-corrected chi connectivity index (χ1v) is 12.5. The van der Waals surface area contributed by atoms with Crippen molar-refractivity contribution < 1.29 is 24.2 Å². The number of carbonyl (C=O) groups excluding carboxylic acids is 2. The number of amides is 2. The second-order valence-corrected chi connectivity index (χ2v) is 10.9. The van der Waals surface area contributed by atoms with Crippen molar-refractivity contribution in [3.05, 3.63) is 47.9 Å². The number of alkyl halides is 1. The van der Waals surface area contributed by atoms with Crippen LogP contribution in [0.15, 0.2) is 36.8 Å². The molecule has 206 valence electrons. The molecule has 5 N–H and O–H groups in total. The minimum absolute atomic E-state index is 0.000731. The lowest BCUT2D eigenvalue weighted by Crippen LogP contribution is -2.42. The fourth-order valence-electron chi connectivity index (χ4n) is 3.72. The van der Waals surface area contributed by atoms with Gasteiger partial charge in [-0.05, 0) is 59.2 Å². The van der Waals surface area contributed by atoms with Crippen LogP contribution in [0.4, 0.5) is 10.1 Å². The number of hydrogen-bond donors (Lipinski definition) is 5. The molecule has 3 aromatic heterocycles. The third kappa shape index (κ3) is 7.72. The zero-order valence-electron chi connectivity index (χ0n) is 22.7. The zero-order valence-corrected chi connectivity index (χ0v) is 22.7. The van der Waals surface area contributed by atoms with Crippen molar-refractivity contribution in [3.8, 4) is 5.82 Å². The largest absolute Gasteiger partial charge is 0.390 e. The Labute approximate surface area is 221 Å². The van der Waals surface area contributed by atoms with Gasteiger partial charge in [0, 0.05) is 42.6 Å². The number of halogens is 1. The molecular formula is C27H37FN6O4. The number of rotatable bonds is 11. The lowest BCUT2D eigenvalue weighted by Gasteiger charge is -2.23.